The molecule has 0 unspecified atom stereocenters. The third-order valence-electron chi connectivity index (χ3n) is 3.56. The number of nitrogens with zero attached hydrogens (tertiary/aromatic N) is 1. The van der Waals surface area contributed by atoms with Gasteiger partial charge in [0.15, 0.2) is 4.90 Å². The number of nitrogens with one attached hydrogen (secondary N) is 1. The van der Waals surface area contributed by atoms with Crippen LogP contribution < -0.4 is 4.72 Å². The first-order chi connectivity index (χ1) is 12.7. The zero-order valence-corrected chi connectivity index (χ0v) is 15.2. The van der Waals surface area contributed by atoms with E-state index < -0.39 is 37.3 Å². The molecule has 0 aliphatic rings. The van der Waals surface area contributed by atoms with Gasteiger partial charge in [-0.2, -0.15) is 0 Å². The molecule has 0 radical (unpaired) electrons. The molecule has 0 aliphatic heterocycles. The van der Waals surface area contributed by atoms with Crippen molar-refractivity contribution in [3.63, 3.8) is 0 Å². The van der Waals surface area contributed by atoms with Crippen molar-refractivity contribution in [3.05, 3.63) is 64.0 Å². The predicted molar refractivity (Wildman–Crippen MR) is 95.3 cm³/mol. The number of hydrogen-bond acceptors (Lipinski definition) is 6. The van der Waals surface area contributed by atoms with Gasteiger partial charge in [-0.1, -0.05) is 18.2 Å². The van der Waals surface area contributed by atoms with Crippen LogP contribution in [0.4, 0.5) is 15.8 Å². The Bertz CT molecular complexity index is 962. The van der Waals surface area contributed by atoms with E-state index in [0.29, 0.717) is 0 Å². The lowest BCUT2D eigenvalue weighted by Gasteiger charge is -2.10. The van der Waals surface area contributed by atoms with Crippen LogP contribution in [0, 0.1) is 15.9 Å². The third kappa shape index (κ3) is 5.23. The number of hydrogen-bond donors (Lipinski definition) is 1. The molecule has 0 atom stereocenters. The average Bonchev–Trinajstić information content (AvgIpc) is 2.61. The number of halogens is 1. The predicted octanol–water partition coefficient (Wildman–Crippen LogP) is 3.03. The Morgan fingerprint density at radius 1 is 1.26 bits per heavy atom. The van der Waals surface area contributed by atoms with Crippen molar-refractivity contribution in [2.45, 2.75) is 24.7 Å². The molecule has 0 spiro atoms. The average molecular weight is 396 g/mol. The maximum atomic E-state index is 14.2. The van der Waals surface area contributed by atoms with E-state index in [1.807, 2.05) is 0 Å². The van der Waals surface area contributed by atoms with Crippen molar-refractivity contribution >= 4 is 27.4 Å². The number of carbonyl (C=O) groups is 1. The van der Waals surface area contributed by atoms with Crippen LogP contribution in [0.25, 0.3) is 0 Å². The molecular weight excluding hydrogens is 379 g/mol. The van der Waals surface area contributed by atoms with Crippen molar-refractivity contribution in [2.24, 2.45) is 0 Å². The maximum absolute atomic E-state index is 14.2. The van der Waals surface area contributed by atoms with Crippen LogP contribution in [-0.2, 0) is 26.0 Å². The van der Waals surface area contributed by atoms with Gasteiger partial charge in [-0.05, 0) is 37.1 Å². The van der Waals surface area contributed by atoms with Crippen LogP contribution in [-0.4, -0.2) is 25.9 Å². The zero-order valence-electron chi connectivity index (χ0n) is 14.3. The Hall–Kier alpha value is -3.01. The summed E-state index contributed by atoms with van der Waals surface area (Å²) < 4.78 is 45.9. The van der Waals surface area contributed by atoms with Crippen molar-refractivity contribution < 1.29 is 27.3 Å². The minimum atomic E-state index is -4.28. The van der Waals surface area contributed by atoms with Crippen LogP contribution >= 0.6 is 0 Å². The van der Waals surface area contributed by atoms with Crippen molar-refractivity contribution in [1.82, 2.24) is 0 Å². The second-order valence-electron chi connectivity index (χ2n) is 5.44. The Balaban J connectivity index is 2.19. The second kappa shape index (κ2) is 8.58. The van der Waals surface area contributed by atoms with Crippen LogP contribution in [0.2, 0.25) is 0 Å². The monoisotopic (exact) mass is 396 g/mol. The van der Waals surface area contributed by atoms with Gasteiger partial charge in [-0.25, -0.2) is 12.8 Å². The highest BCUT2D eigenvalue weighted by molar-refractivity contribution is 7.92. The van der Waals surface area contributed by atoms with Crippen LogP contribution in [0.1, 0.15) is 18.9 Å². The minimum Gasteiger partial charge on any atom is -0.466 e. The summed E-state index contributed by atoms with van der Waals surface area (Å²) in [6.07, 6.45) is 0.0912. The molecule has 0 fully saturated rings. The van der Waals surface area contributed by atoms with Gasteiger partial charge in [0.25, 0.3) is 15.7 Å². The topological polar surface area (TPSA) is 116 Å². The summed E-state index contributed by atoms with van der Waals surface area (Å²) in [5, 5.41) is 11.0. The molecule has 2 aromatic rings. The van der Waals surface area contributed by atoms with Crippen LogP contribution in [0.3, 0.4) is 0 Å². The van der Waals surface area contributed by atoms with Gasteiger partial charge in [0, 0.05) is 12.5 Å². The molecule has 0 saturated heterocycles. The molecule has 2 aromatic carbocycles. The number of benzene rings is 2. The molecule has 1 N–H and O–H groups in total. The fourth-order valence-corrected chi connectivity index (χ4v) is 3.55. The summed E-state index contributed by atoms with van der Waals surface area (Å²) >= 11 is 0. The van der Waals surface area contributed by atoms with Gasteiger partial charge in [0.1, 0.15) is 5.82 Å². The van der Waals surface area contributed by atoms with Gasteiger partial charge in [0.2, 0.25) is 0 Å². The number of carbonyl (C=O) groups excluding carboxylic acids is 1. The number of anilines is 1. The first kappa shape index (κ1) is 20.3. The number of rotatable bonds is 8. The van der Waals surface area contributed by atoms with Gasteiger partial charge in [0.05, 0.1) is 17.2 Å². The molecule has 27 heavy (non-hydrogen) atoms. The normalized spacial score (nSPS) is 11.0. The molecule has 8 nitrogen and oxygen atoms in total. The highest BCUT2D eigenvalue weighted by Gasteiger charge is 2.25. The molecule has 0 heterocycles. The number of nitro benzene ring substituents is 1. The number of para-hydroxylation sites is 1. The Labute approximate surface area is 155 Å². The lowest BCUT2D eigenvalue weighted by molar-refractivity contribution is -0.387. The third-order valence-corrected chi connectivity index (χ3v) is 4.99. The summed E-state index contributed by atoms with van der Waals surface area (Å²) in [4.78, 5) is 21.0. The number of sulfonamides is 1. The maximum Gasteiger partial charge on any atom is 0.306 e. The minimum absolute atomic E-state index is 0.00789. The van der Waals surface area contributed by atoms with E-state index in [1.165, 1.54) is 24.3 Å². The van der Waals surface area contributed by atoms with Gasteiger partial charge in [-0.3, -0.25) is 19.6 Å². The highest BCUT2D eigenvalue weighted by Crippen LogP contribution is 2.26. The zero-order chi connectivity index (χ0) is 20.0. The second-order valence-corrected chi connectivity index (χ2v) is 7.09. The van der Waals surface area contributed by atoms with Crippen LogP contribution in [0.15, 0.2) is 47.4 Å². The largest absolute Gasteiger partial charge is 0.466 e. The standard InChI is InChI=1S/C17H17FN2O6S/c1-2-26-17(21)10-8-12-7-9-13(11-14(12)18)19-27(24,25)16-6-4-3-5-15(16)20(22)23/h3-7,9,11,19H,2,8,10H2,1H3. The van der Waals surface area contributed by atoms with Crippen molar-refractivity contribution in [1.29, 1.82) is 0 Å². The van der Waals surface area contributed by atoms with E-state index in [-0.39, 0.29) is 30.7 Å². The number of ether oxygens (including phenoxy) is 1. The first-order valence-electron chi connectivity index (χ1n) is 7.95. The van der Waals surface area contributed by atoms with Crippen molar-refractivity contribution in [2.75, 3.05) is 11.3 Å². The van der Waals surface area contributed by atoms with Gasteiger partial charge in [-0.15, -0.1) is 0 Å². The smallest absolute Gasteiger partial charge is 0.306 e. The molecule has 0 saturated carbocycles. The fraction of sp³-hybridized carbons (Fsp3) is 0.235. The Morgan fingerprint density at radius 2 is 1.96 bits per heavy atom. The molecule has 0 aromatic heterocycles. The molecule has 0 bridgehead atoms. The quantitative estimate of drug-likeness (QED) is 0.417. The summed E-state index contributed by atoms with van der Waals surface area (Å²) in [5.41, 5.74) is -0.459. The Kier molecular flexibility index (Phi) is 6.45. The molecular formula is C17H17FN2O6S. The summed E-state index contributed by atoms with van der Waals surface area (Å²) in [7, 11) is -4.28. The summed E-state index contributed by atoms with van der Waals surface area (Å²) in [6.45, 7) is 1.89. The van der Waals surface area contributed by atoms with E-state index in [4.69, 9.17) is 4.74 Å². The Morgan fingerprint density at radius 3 is 2.59 bits per heavy atom. The first-order valence-corrected chi connectivity index (χ1v) is 9.43. The van der Waals surface area contributed by atoms with Gasteiger partial charge < -0.3 is 4.74 Å². The highest BCUT2D eigenvalue weighted by atomic mass is 32.2. The lowest BCUT2D eigenvalue weighted by atomic mass is 10.1. The van der Waals surface area contributed by atoms with Crippen LogP contribution in [0.5, 0.6) is 0 Å². The molecule has 10 heteroatoms. The molecule has 144 valence electrons. The lowest BCUT2D eigenvalue weighted by Crippen LogP contribution is -2.15. The van der Waals surface area contributed by atoms with E-state index >= 15 is 0 Å². The fourth-order valence-electron chi connectivity index (χ4n) is 2.33. The van der Waals surface area contributed by atoms with Gasteiger partial charge >= 0.3 is 5.97 Å². The summed E-state index contributed by atoms with van der Waals surface area (Å²) in [6, 6.07) is 8.45. The number of aryl methyl sites for hydroxylation is 1. The van der Waals surface area contributed by atoms with E-state index in [9.17, 15) is 27.7 Å². The van der Waals surface area contributed by atoms with Crippen molar-refractivity contribution in [3.8, 4) is 0 Å². The summed E-state index contributed by atoms with van der Waals surface area (Å²) in [5.74, 6) is -1.17. The molecule has 2 rings (SSSR count). The molecule has 0 amide bonds. The van der Waals surface area contributed by atoms with E-state index in [0.717, 1.165) is 18.2 Å². The number of esters is 1. The SMILES string of the molecule is CCOC(=O)CCc1ccc(NS(=O)(=O)c2ccccc2[N+](=O)[O-])cc1F. The van der Waals surface area contributed by atoms with E-state index in [1.54, 1.807) is 6.92 Å². The van der Waals surface area contributed by atoms with E-state index in [2.05, 4.69) is 4.72 Å². The number of nitro groups is 1. The molecule has 0 aliphatic carbocycles.